The number of hydrogen-bond acceptors (Lipinski definition) is 8. The summed E-state index contributed by atoms with van der Waals surface area (Å²) in [7, 11) is 0. The Bertz CT molecular complexity index is 3550. The van der Waals surface area contributed by atoms with E-state index in [0.717, 1.165) is 22.7 Å². The Kier molecular flexibility index (Phi) is 15.1. The smallest absolute Gasteiger partial charge is 0.336 e. The topological polar surface area (TPSA) is 247 Å². The summed E-state index contributed by atoms with van der Waals surface area (Å²) in [6.07, 6.45) is 0. The van der Waals surface area contributed by atoms with E-state index in [4.69, 9.17) is 0 Å². The Hall–Kier alpha value is -11.0. The Balaban J connectivity index is 0.000000143. The predicted octanol–water partition coefficient (Wildman–Crippen LogP) is 14.8. The molecular formula is C60H44N8O8. The lowest BCUT2D eigenvalue weighted by atomic mass is 9.84. The fraction of sp³-hybridized carbons (Fsp3) is 0. The maximum absolute atomic E-state index is 11.9. The summed E-state index contributed by atoms with van der Waals surface area (Å²) in [6.45, 7) is 0. The van der Waals surface area contributed by atoms with Crippen LogP contribution in [-0.2, 0) is 0 Å². The van der Waals surface area contributed by atoms with E-state index in [1.807, 2.05) is 121 Å². The van der Waals surface area contributed by atoms with Crippen LogP contribution in [0.2, 0.25) is 0 Å². The van der Waals surface area contributed by atoms with Crippen molar-refractivity contribution in [2.24, 2.45) is 20.9 Å². The van der Waals surface area contributed by atoms with Crippen LogP contribution in [0.15, 0.2) is 239 Å². The van der Waals surface area contributed by atoms with E-state index in [0.29, 0.717) is 32.3 Å². The molecule has 0 saturated heterocycles. The molecule has 76 heavy (non-hydrogen) atoms. The van der Waals surface area contributed by atoms with Crippen molar-refractivity contribution >= 4 is 89.7 Å². The van der Waals surface area contributed by atoms with Crippen LogP contribution in [0.25, 0.3) is 65.3 Å². The summed E-state index contributed by atoms with van der Waals surface area (Å²) in [5, 5.41) is 57.2. The van der Waals surface area contributed by atoms with Gasteiger partial charge < -0.3 is 20.4 Å². The molecule has 0 fully saturated rings. The van der Waals surface area contributed by atoms with Crippen molar-refractivity contribution in [1.82, 2.24) is 0 Å². The maximum atomic E-state index is 11.9. The Morgan fingerprint density at radius 3 is 0.724 bits per heavy atom. The number of carboxylic acid groups (broad SMARTS) is 4. The minimum atomic E-state index is -1.28. The lowest BCUT2D eigenvalue weighted by molar-refractivity contribution is 0.0681. The van der Waals surface area contributed by atoms with Gasteiger partial charge >= 0.3 is 23.9 Å². The van der Waals surface area contributed by atoms with Gasteiger partial charge in [0.05, 0.1) is 45.0 Å². The third kappa shape index (κ3) is 11.2. The fourth-order valence-electron chi connectivity index (χ4n) is 8.69. The minimum absolute atomic E-state index is 0.0587. The number of fused-ring (bicyclic) bond motifs is 2. The van der Waals surface area contributed by atoms with Crippen molar-refractivity contribution in [3.63, 3.8) is 0 Å². The zero-order chi connectivity index (χ0) is 53.0. The first-order valence-corrected chi connectivity index (χ1v) is 23.4. The number of nitrogens with zero attached hydrogens (tertiary/aromatic N) is 4. The number of aromatic carboxylic acids is 4. The molecule has 0 atom stereocenters. The zero-order valence-corrected chi connectivity index (χ0v) is 40.0. The van der Waals surface area contributed by atoms with Crippen LogP contribution in [0.1, 0.15) is 41.4 Å². The van der Waals surface area contributed by atoms with Crippen molar-refractivity contribution in [2.75, 3.05) is 21.7 Å². The fourth-order valence-corrected chi connectivity index (χ4v) is 8.69. The first kappa shape index (κ1) is 50.0. The first-order chi connectivity index (χ1) is 37.0. The molecule has 372 valence electrons. The summed E-state index contributed by atoms with van der Waals surface area (Å²) in [4.78, 5) is 47.5. The molecule has 0 heterocycles. The highest BCUT2D eigenvalue weighted by Crippen LogP contribution is 2.44. The first-order valence-electron chi connectivity index (χ1n) is 23.4. The van der Waals surface area contributed by atoms with Crippen molar-refractivity contribution in [1.29, 1.82) is 0 Å². The lowest BCUT2D eigenvalue weighted by Gasteiger charge is -2.18. The van der Waals surface area contributed by atoms with E-state index in [-0.39, 0.29) is 33.0 Å². The molecule has 0 aromatic heterocycles. The van der Waals surface area contributed by atoms with E-state index in [1.54, 1.807) is 0 Å². The highest BCUT2D eigenvalue weighted by molar-refractivity contribution is 6.38. The molecule has 0 spiro atoms. The number of benzene rings is 11. The van der Waals surface area contributed by atoms with Gasteiger partial charge in [-0.1, -0.05) is 166 Å². The molecule has 11 aromatic carbocycles. The van der Waals surface area contributed by atoms with Crippen LogP contribution >= 0.6 is 0 Å². The van der Waals surface area contributed by atoms with Crippen molar-refractivity contribution < 1.29 is 39.6 Å². The number of carbonyl (C=O) groups is 4. The zero-order valence-electron chi connectivity index (χ0n) is 40.0. The molecule has 16 nitrogen and oxygen atoms in total. The average molecular weight is 1010 g/mol. The van der Waals surface area contributed by atoms with Gasteiger partial charge in [-0.15, -0.1) is 0 Å². The van der Waals surface area contributed by atoms with Gasteiger partial charge in [0.25, 0.3) is 0 Å². The Morgan fingerprint density at radius 1 is 0.250 bits per heavy atom. The molecule has 16 heteroatoms. The number of nitrogens with one attached hydrogen (secondary N) is 4. The molecule has 0 aliphatic rings. The van der Waals surface area contributed by atoms with Gasteiger partial charge in [-0.05, 0) is 127 Å². The van der Waals surface area contributed by atoms with E-state index in [1.165, 1.54) is 70.8 Å². The second kappa shape index (κ2) is 23.0. The third-order valence-corrected chi connectivity index (χ3v) is 12.2. The van der Waals surface area contributed by atoms with Gasteiger partial charge in [0.1, 0.15) is 0 Å². The molecule has 0 saturated carbocycles. The van der Waals surface area contributed by atoms with Crippen molar-refractivity contribution in [3.05, 3.63) is 241 Å². The SMILES string of the molecule is O=C(O)c1ccc2c3ccc(C(=O)O)c4c(C(=O)O)ccc(c5ccc(C(=O)O)c1c25)c43.c1ccc(NN=NNc2ccc(-c3ccccc3)cc2)cc1.c1ccc(NN=NNc2ccc(-c3ccccc3)cc2)cc1. The minimum Gasteiger partial charge on any atom is -0.478 e. The van der Waals surface area contributed by atoms with Gasteiger partial charge in [0.15, 0.2) is 0 Å². The van der Waals surface area contributed by atoms with Gasteiger partial charge in [-0.25, -0.2) is 19.2 Å². The largest absolute Gasteiger partial charge is 0.478 e. The number of anilines is 4. The van der Waals surface area contributed by atoms with E-state index < -0.39 is 23.9 Å². The normalized spacial score (nSPS) is 10.9. The van der Waals surface area contributed by atoms with Gasteiger partial charge in [0.2, 0.25) is 0 Å². The van der Waals surface area contributed by atoms with E-state index in [9.17, 15) is 39.6 Å². The van der Waals surface area contributed by atoms with Crippen LogP contribution in [-0.4, -0.2) is 44.3 Å². The molecule has 11 rings (SSSR count). The monoisotopic (exact) mass is 1000 g/mol. The Labute approximate surface area is 433 Å². The summed E-state index contributed by atoms with van der Waals surface area (Å²) in [5.74, 6) is -5.13. The molecule has 0 radical (unpaired) electrons. The quantitative estimate of drug-likeness (QED) is 0.0219. The van der Waals surface area contributed by atoms with Crippen molar-refractivity contribution in [2.45, 2.75) is 0 Å². The van der Waals surface area contributed by atoms with Gasteiger partial charge in [-0.3, -0.25) is 21.7 Å². The molecule has 0 aliphatic heterocycles. The van der Waals surface area contributed by atoms with Crippen LogP contribution in [0.5, 0.6) is 0 Å². The maximum Gasteiger partial charge on any atom is 0.336 e. The summed E-state index contributed by atoms with van der Waals surface area (Å²) >= 11 is 0. The van der Waals surface area contributed by atoms with E-state index in [2.05, 4.69) is 91.1 Å². The lowest BCUT2D eigenvalue weighted by Crippen LogP contribution is -2.07. The molecular weight excluding hydrogens is 961 g/mol. The second-order valence-electron chi connectivity index (χ2n) is 16.8. The number of para-hydroxylation sites is 2. The predicted molar refractivity (Wildman–Crippen MR) is 296 cm³/mol. The summed E-state index contributed by atoms with van der Waals surface area (Å²) < 4.78 is 0. The third-order valence-electron chi connectivity index (χ3n) is 12.2. The average Bonchev–Trinajstić information content (AvgIpc) is 3.59. The summed E-state index contributed by atoms with van der Waals surface area (Å²) in [5.41, 5.74) is 19.1. The molecule has 0 amide bonds. The number of hydrogen-bond donors (Lipinski definition) is 8. The van der Waals surface area contributed by atoms with Crippen LogP contribution in [0, 0.1) is 0 Å². The standard InChI is InChI=1S/C24H12O8.2C18H16N4/c25-21(26)13-5-1-9-10-2-6-15(23(29)30)20-16(24(31)32)8-4-12(18(10)20)11-3-7-14(22(27)28)19(13)17(9)11;2*1-3-7-15(8-4-1)16-11-13-18(14-12-16)20-22-21-19-17-9-5-2-6-10-17/h1-8H,(H,25,26)(H,27,28)(H,29,30)(H,31,32);2*1-14H,(H,19,22)(H,20,21). The molecule has 0 bridgehead atoms. The second-order valence-corrected chi connectivity index (χ2v) is 16.8. The van der Waals surface area contributed by atoms with E-state index >= 15 is 0 Å². The number of rotatable bonds is 14. The van der Waals surface area contributed by atoms with Gasteiger partial charge in [-0.2, -0.15) is 0 Å². The Morgan fingerprint density at radius 2 is 0.474 bits per heavy atom. The molecule has 0 aliphatic carbocycles. The molecule has 0 unspecified atom stereocenters. The van der Waals surface area contributed by atoms with Crippen LogP contribution in [0.4, 0.5) is 22.7 Å². The summed E-state index contributed by atoms with van der Waals surface area (Å²) in [6, 6.07) is 67.3. The van der Waals surface area contributed by atoms with Crippen LogP contribution < -0.4 is 21.7 Å². The molecule has 11 aromatic rings. The van der Waals surface area contributed by atoms with Crippen LogP contribution in [0.3, 0.4) is 0 Å². The number of carboxylic acids is 4. The highest BCUT2D eigenvalue weighted by Gasteiger charge is 2.25. The highest BCUT2D eigenvalue weighted by atomic mass is 16.4. The van der Waals surface area contributed by atoms with Gasteiger partial charge in [0, 0.05) is 10.8 Å². The van der Waals surface area contributed by atoms with Crippen molar-refractivity contribution in [3.8, 4) is 22.3 Å². The molecule has 8 N–H and O–H groups in total.